The summed E-state index contributed by atoms with van der Waals surface area (Å²) in [5.41, 5.74) is 5.55. The van der Waals surface area contributed by atoms with Gasteiger partial charge in [0.05, 0.1) is 6.20 Å². The van der Waals surface area contributed by atoms with Crippen LogP contribution in [-0.2, 0) is 6.54 Å². The maximum absolute atomic E-state index is 5.88. The number of rotatable bonds is 0. The Morgan fingerprint density at radius 3 is 2.90 bits per heavy atom. The fraction of sp³-hybridized carbons (Fsp3) is 0.333. The molecule has 4 rings (SSSR count). The smallest absolute Gasteiger partial charge is 0.0620 e. The van der Waals surface area contributed by atoms with E-state index in [1.54, 1.807) is 6.20 Å². The molecule has 0 bridgehead atoms. The SMILES string of the molecule is NN1CCC/C(=C2/NCc3ccccc32)C1.c1csnn1. The number of nitrogens with one attached hydrogen (secondary N) is 1. The molecule has 21 heavy (non-hydrogen) atoms. The second kappa shape index (κ2) is 6.80. The van der Waals surface area contributed by atoms with E-state index < -0.39 is 0 Å². The zero-order chi connectivity index (χ0) is 14.5. The van der Waals surface area contributed by atoms with Crippen LogP contribution in [0.1, 0.15) is 24.0 Å². The monoisotopic (exact) mass is 301 g/mol. The van der Waals surface area contributed by atoms with Crippen LogP contribution < -0.4 is 11.2 Å². The number of benzene rings is 1. The first-order chi connectivity index (χ1) is 10.3. The first-order valence-corrected chi connectivity index (χ1v) is 7.93. The lowest BCUT2D eigenvalue weighted by Crippen LogP contribution is -2.37. The second-order valence-electron chi connectivity index (χ2n) is 5.15. The van der Waals surface area contributed by atoms with Gasteiger partial charge in [0.15, 0.2) is 0 Å². The predicted molar refractivity (Wildman–Crippen MR) is 85.1 cm³/mol. The molecule has 0 aliphatic carbocycles. The third-order valence-corrected chi connectivity index (χ3v) is 4.13. The van der Waals surface area contributed by atoms with E-state index in [0.717, 1.165) is 19.6 Å². The number of nitrogens with two attached hydrogens (primary N) is 1. The van der Waals surface area contributed by atoms with Gasteiger partial charge < -0.3 is 5.32 Å². The Bertz CT molecular complexity index is 591. The summed E-state index contributed by atoms with van der Waals surface area (Å²) in [5.74, 6) is 5.88. The number of hydrogen-bond donors (Lipinski definition) is 2. The first kappa shape index (κ1) is 14.2. The quantitative estimate of drug-likeness (QED) is 0.729. The summed E-state index contributed by atoms with van der Waals surface area (Å²) in [6, 6.07) is 8.60. The number of piperidine rings is 1. The Hall–Kier alpha value is -1.76. The van der Waals surface area contributed by atoms with E-state index >= 15 is 0 Å². The summed E-state index contributed by atoms with van der Waals surface area (Å²) in [7, 11) is 0. The summed E-state index contributed by atoms with van der Waals surface area (Å²) in [4.78, 5) is 0. The number of nitrogens with zero attached hydrogens (tertiary/aromatic N) is 3. The fourth-order valence-corrected chi connectivity index (χ4v) is 3.02. The first-order valence-electron chi connectivity index (χ1n) is 7.09. The van der Waals surface area contributed by atoms with Gasteiger partial charge in [0.25, 0.3) is 0 Å². The molecule has 1 aromatic heterocycles. The molecule has 2 aliphatic rings. The van der Waals surface area contributed by atoms with Gasteiger partial charge in [-0.1, -0.05) is 28.8 Å². The normalized spacial score (nSPS) is 21.2. The van der Waals surface area contributed by atoms with Crippen LogP contribution in [0.15, 0.2) is 41.4 Å². The summed E-state index contributed by atoms with van der Waals surface area (Å²) in [6.45, 7) is 2.87. The minimum absolute atomic E-state index is 0.899. The maximum Gasteiger partial charge on any atom is 0.0620 e. The molecule has 2 aromatic rings. The standard InChI is InChI=1S/C13H17N3.C2H2N2S/c14-16-7-3-5-11(9-16)13-12-6-2-1-4-10(12)8-15-13;1-2-5-4-3-1/h1-2,4,6,15H,3,5,7-9,14H2;1-2H/b13-11-;. The Labute approximate surface area is 128 Å². The molecular formula is C15H19N5S. The number of hydrogen-bond acceptors (Lipinski definition) is 6. The Morgan fingerprint density at radius 2 is 2.19 bits per heavy atom. The number of aromatic nitrogens is 2. The molecule has 6 heteroatoms. The highest BCUT2D eigenvalue weighted by atomic mass is 32.1. The van der Waals surface area contributed by atoms with Crippen molar-refractivity contribution >= 4 is 17.2 Å². The predicted octanol–water partition coefficient (Wildman–Crippen LogP) is 2.01. The molecule has 3 N–H and O–H groups in total. The minimum Gasteiger partial charge on any atom is -0.380 e. The molecule has 1 saturated heterocycles. The highest BCUT2D eigenvalue weighted by Gasteiger charge is 2.21. The van der Waals surface area contributed by atoms with Crippen molar-refractivity contribution < 1.29 is 0 Å². The highest BCUT2D eigenvalue weighted by Crippen LogP contribution is 2.29. The zero-order valence-corrected chi connectivity index (χ0v) is 12.6. The largest absolute Gasteiger partial charge is 0.380 e. The van der Waals surface area contributed by atoms with Gasteiger partial charge in [0, 0.05) is 36.3 Å². The average Bonchev–Trinajstić information content (AvgIpc) is 3.20. The van der Waals surface area contributed by atoms with Gasteiger partial charge in [-0.25, -0.2) is 5.01 Å². The van der Waals surface area contributed by atoms with Gasteiger partial charge in [-0.15, -0.1) is 5.10 Å². The van der Waals surface area contributed by atoms with E-state index in [2.05, 4.69) is 39.2 Å². The van der Waals surface area contributed by atoms with Crippen molar-refractivity contribution in [1.29, 1.82) is 0 Å². The lowest BCUT2D eigenvalue weighted by atomic mass is 9.99. The number of hydrazine groups is 1. The molecule has 1 aromatic carbocycles. The van der Waals surface area contributed by atoms with Crippen LogP contribution in [0.25, 0.3) is 5.70 Å². The summed E-state index contributed by atoms with van der Waals surface area (Å²) >= 11 is 1.35. The molecule has 5 nitrogen and oxygen atoms in total. The van der Waals surface area contributed by atoms with Crippen LogP contribution in [0, 0.1) is 0 Å². The minimum atomic E-state index is 0.899. The lowest BCUT2D eigenvalue weighted by Gasteiger charge is -2.25. The second-order valence-corrected chi connectivity index (χ2v) is 5.80. The number of fused-ring (bicyclic) bond motifs is 1. The topological polar surface area (TPSA) is 67.1 Å². The van der Waals surface area contributed by atoms with E-state index in [0.29, 0.717) is 0 Å². The molecule has 1 fully saturated rings. The summed E-state index contributed by atoms with van der Waals surface area (Å²) in [5, 5.41) is 10.7. The van der Waals surface area contributed by atoms with Crippen molar-refractivity contribution in [2.75, 3.05) is 13.1 Å². The lowest BCUT2D eigenvalue weighted by molar-refractivity contribution is 0.275. The van der Waals surface area contributed by atoms with E-state index in [9.17, 15) is 0 Å². The van der Waals surface area contributed by atoms with Gasteiger partial charge in [-0.05, 0) is 35.5 Å². The Kier molecular flexibility index (Phi) is 4.59. The van der Waals surface area contributed by atoms with Gasteiger partial charge >= 0.3 is 0 Å². The third-order valence-electron chi connectivity index (χ3n) is 3.70. The van der Waals surface area contributed by atoms with Crippen molar-refractivity contribution in [3.8, 4) is 0 Å². The van der Waals surface area contributed by atoms with Gasteiger partial charge in [-0.3, -0.25) is 5.84 Å². The summed E-state index contributed by atoms with van der Waals surface area (Å²) in [6.07, 6.45) is 3.99. The fourth-order valence-electron chi connectivity index (χ4n) is 2.75. The van der Waals surface area contributed by atoms with E-state index in [1.807, 2.05) is 10.4 Å². The third kappa shape index (κ3) is 3.47. The Balaban J connectivity index is 0.000000225. The van der Waals surface area contributed by atoms with Crippen LogP contribution in [0.5, 0.6) is 0 Å². The maximum atomic E-state index is 5.88. The van der Waals surface area contributed by atoms with E-state index in [4.69, 9.17) is 5.84 Å². The van der Waals surface area contributed by atoms with Crippen molar-refractivity contribution in [3.05, 3.63) is 52.5 Å². The van der Waals surface area contributed by atoms with E-state index in [-0.39, 0.29) is 0 Å². The van der Waals surface area contributed by atoms with Gasteiger partial charge in [-0.2, -0.15) is 0 Å². The molecule has 3 heterocycles. The van der Waals surface area contributed by atoms with Crippen LogP contribution in [-0.4, -0.2) is 27.7 Å². The van der Waals surface area contributed by atoms with Crippen LogP contribution in [0.4, 0.5) is 0 Å². The van der Waals surface area contributed by atoms with Crippen molar-refractivity contribution in [1.82, 2.24) is 19.9 Å². The van der Waals surface area contributed by atoms with Gasteiger partial charge in [0.1, 0.15) is 0 Å². The molecule has 2 aliphatic heterocycles. The van der Waals surface area contributed by atoms with Crippen LogP contribution in [0.3, 0.4) is 0 Å². The van der Waals surface area contributed by atoms with Crippen LogP contribution >= 0.6 is 11.5 Å². The molecule has 0 unspecified atom stereocenters. The van der Waals surface area contributed by atoms with Gasteiger partial charge in [0.2, 0.25) is 0 Å². The summed E-state index contributed by atoms with van der Waals surface area (Å²) < 4.78 is 3.51. The van der Waals surface area contributed by atoms with Crippen LogP contribution in [0.2, 0.25) is 0 Å². The molecule has 0 saturated carbocycles. The Morgan fingerprint density at radius 1 is 1.29 bits per heavy atom. The van der Waals surface area contributed by atoms with E-state index in [1.165, 1.54) is 46.8 Å². The molecule has 0 amide bonds. The van der Waals surface area contributed by atoms with Crippen molar-refractivity contribution in [2.24, 2.45) is 5.84 Å². The van der Waals surface area contributed by atoms with Crippen molar-refractivity contribution in [3.63, 3.8) is 0 Å². The highest BCUT2D eigenvalue weighted by molar-refractivity contribution is 7.03. The molecule has 110 valence electrons. The zero-order valence-electron chi connectivity index (χ0n) is 11.8. The molecular weight excluding hydrogens is 282 g/mol. The molecule has 0 radical (unpaired) electrons. The molecule has 0 atom stereocenters. The molecule has 0 spiro atoms. The average molecular weight is 301 g/mol. The van der Waals surface area contributed by atoms with Crippen molar-refractivity contribution in [2.45, 2.75) is 19.4 Å².